The Labute approximate surface area is 117 Å². The fourth-order valence-electron chi connectivity index (χ4n) is 2.16. The molecule has 4 heteroatoms. The van der Waals surface area contributed by atoms with Crippen LogP contribution in [0.3, 0.4) is 0 Å². The molecule has 0 spiro atoms. The summed E-state index contributed by atoms with van der Waals surface area (Å²) in [5.74, 6) is 0.0327. The van der Waals surface area contributed by atoms with Crippen LogP contribution in [0.25, 0.3) is 16.9 Å². The zero-order valence-electron chi connectivity index (χ0n) is 11.5. The van der Waals surface area contributed by atoms with Gasteiger partial charge < -0.3 is 0 Å². The van der Waals surface area contributed by atoms with Crippen LogP contribution in [0.1, 0.15) is 29.4 Å². The van der Waals surface area contributed by atoms with Crippen molar-refractivity contribution in [2.75, 3.05) is 0 Å². The largest absolute Gasteiger partial charge is 0.292 e. The lowest BCUT2D eigenvalue weighted by Crippen LogP contribution is -2.00. The molecule has 0 aliphatic rings. The van der Waals surface area contributed by atoms with E-state index in [-0.39, 0.29) is 5.78 Å². The lowest BCUT2D eigenvalue weighted by Gasteiger charge is -2.04. The second-order valence-electron chi connectivity index (χ2n) is 4.77. The SMILES string of the molecule is CCC(=O)c1cc2nccc(-c3ccc(C)cc3)n2n1. The summed E-state index contributed by atoms with van der Waals surface area (Å²) in [6, 6.07) is 11.9. The highest BCUT2D eigenvalue weighted by Crippen LogP contribution is 2.20. The van der Waals surface area contributed by atoms with Gasteiger partial charge in [0, 0.05) is 24.2 Å². The Morgan fingerprint density at radius 1 is 1.20 bits per heavy atom. The first-order valence-corrected chi connectivity index (χ1v) is 6.64. The number of aromatic nitrogens is 3. The summed E-state index contributed by atoms with van der Waals surface area (Å²) in [5, 5.41) is 4.39. The smallest absolute Gasteiger partial charge is 0.182 e. The van der Waals surface area contributed by atoms with Gasteiger partial charge in [-0.15, -0.1) is 0 Å². The minimum absolute atomic E-state index is 0.0327. The van der Waals surface area contributed by atoms with E-state index in [1.165, 1.54) is 5.56 Å². The molecule has 2 heterocycles. The highest BCUT2D eigenvalue weighted by molar-refractivity contribution is 5.95. The number of carbonyl (C=O) groups is 1. The van der Waals surface area contributed by atoms with Crippen LogP contribution in [-0.4, -0.2) is 20.4 Å². The van der Waals surface area contributed by atoms with Crippen molar-refractivity contribution in [3.05, 3.63) is 53.9 Å². The molecular formula is C16H15N3O. The highest BCUT2D eigenvalue weighted by Gasteiger charge is 2.12. The number of rotatable bonds is 3. The van der Waals surface area contributed by atoms with Crippen LogP contribution < -0.4 is 0 Å². The predicted molar refractivity (Wildman–Crippen MR) is 77.8 cm³/mol. The number of nitrogens with zero attached hydrogens (tertiary/aromatic N) is 3. The van der Waals surface area contributed by atoms with Crippen molar-refractivity contribution in [3.63, 3.8) is 0 Å². The molecule has 0 N–H and O–H groups in total. The standard InChI is InChI=1S/C16H15N3O/c1-3-15(20)13-10-16-17-9-8-14(19(16)18-13)12-6-4-11(2)5-7-12/h4-10H,3H2,1-2H3. The van der Waals surface area contributed by atoms with Gasteiger partial charge in [0.1, 0.15) is 5.69 Å². The highest BCUT2D eigenvalue weighted by atomic mass is 16.1. The summed E-state index contributed by atoms with van der Waals surface area (Å²) in [5.41, 5.74) is 4.37. The Morgan fingerprint density at radius 2 is 1.95 bits per heavy atom. The van der Waals surface area contributed by atoms with Crippen molar-refractivity contribution in [1.29, 1.82) is 0 Å². The molecule has 0 bridgehead atoms. The van der Waals surface area contributed by atoms with Crippen LogP contribution >= 0.6 is 0 Å². The first kappa shape index (κ1) is 12.5. The number of carbonyl (C=O) groups excluding carboxylic acids is 1. The second-order valence-corrected chi connectivity index (χ2v) is 4.77. The van der Waals surface area contributed by atoms with Gasteiger partial charge in [-0.1, -0.05) is 36.8 Å². The van der Waals surface area contributed by atoms with Crippen molar-refractivity contribution in [1.82, 2.24) is 14.6 Å². The molecule has 0 radical (unpaired) electrons. The second kappa shape index (κ2) is 4.89. The first-order chi connectivity index (χ1) is 9.69. The number of hydrogen-bond donors (Lipinski definition) is 0. The average molecular weight is 265 g/mol. The van der Waals surface area contributed by atoms with Crippen molar-refractivity contribution in [2.24, 2.45) is 0 Å². The van der Waals surface area contributed by atoms with E-state index in [1.807, 2.05) is 25.1 Å². The van der Waals surface area contributed by atoms with Crippen LogP contribution in [0.4, 0.5) is 0 Å². The van der Waals surface area contributed by atoms with Crippen LogP contribution in [-0.2, 0) is 0 Å². The summed E-state index contributed by atoms with van der Waals surface area (Å²) in [4.78, 5) is 16.0. The zero-order chi connectivity index (χ0) is 14.1. The number of ketones is 1. The maximum absolute atomic E-state index is 11.8. The Kier molecular flexibility index (Phi) is 3.06. The predicted octanol–water partition coefficient (Wildman–Crippen LogP) is 3.30. The number of fused-ring (bicyclic) bond motifs is 1. The Balaban J connectivity index is 2.18. The fraction of sp³-hybridized carbons (Fsp3) is 0.188. The number of benzene rings is 1. The van der Waals surface area contributed by atoms with E-state index in [1.54, 1.807) is 16.8 Å². The molecular weight excluding hydrogens is 250 g/mol. The number of hydrogen-bond acceptors (Lipinski definition) is 3. The van der Waals surface area contributed by atoms with E-state index in [4.69, 9.17) is 0 Å². The molecule has 0 unspecified atom stereocenters. The van der Waals surface area contributed by atoms with Gasteiger partial charge >= 0.3 is 0 Å². The lowest BCUT2D eigenvalue weighted by atomic mass is 10.1. The van der Waals surface area contributed by atoms with E-state index >= 15 is 0 Å². The number of Topliss-reactive ketones (excluding diaryl/α,β-unsaturated/α-hetero) is 1. The summed E-state index contributed by atoms with van der Waals surface area (Å²) in [7, 11) is 0. The summed E-state index contributed by atoms with van der Waals surface area (Å²) >= 11 is 0. The van der Waals surface area contributed by atoms with Gasteiger partial charge in [0.15, 0.2) is 11.4 Å². The molecule has 4 nitrogen and oxygen atoms in total. The summed E-state index contributed by atoms with van der Waals surface area (Å²) in [6.45, 7) is 3.89. The van der Waals surface area contributed by atoms with Gasteiger partial charge in [0.05, 0.1) is 5.69 Å². The average Bonchev–Trinajstić information content (AvgIpc) is 2.91. The molecule has 0 fully saturated rings. The molecule has 0 saturated heterocycles. The topological polar surface area (TPSA) is 47.3 Å². The number of aryl methyl sites for hydroxylation is 1. The molecule has 0 aliphatic carbocycles. The Morgan fingerprint density at radius 3 is 2.65 bits per heavy atom. The third-order valence-corrected chi connectivity index (χ3v) is 3.31. The monoisotopic (exact) mass is 265 g/mol. The van der Waals surface area contributed by atoms with E-state index in [0.29, 0.717) is 17.8 Å². The van der Waals surface area contributed by atoms with E-state index in [0.717, 1.165) is 11.3 Å². The zero-order valence-corrected chi connectivity index (χ0v) is 11.5. The van der Waals surface area contributed by atoms with Crippen molar-refractivity contribution >= 4 is 11.4 Å². The van der Waals surface area contributed by atoms with Crippen molar-refractivity contribution in [2.45, 2.75) is 20.3 Å². The molecule has 0 atom stereocenters. The van der Waals surface area contributed by atoms with Crippen molar-refractivity contribution in [3.8, 4) is 11.3 Å². The first-order valence-electron chi connectivity index (χ1n) is 6.64. The maximum Gasteiger partial charge on any atom is 0.182 e. The fourth-order valence-corrected chi connectivity index (χ4v) is 2.16. The molecule has 1 aromatic carbocycles. The molecule has 100 valence electrons. The maximum atomic E-state index is 11.8. The van der Waals surface area contributed by atoms with Crippen LogP contribution in [0.2, 0.25) is 0 Å². The normalized spacial score (nSPS) is 10.9. The summed E-state index contributed by atoms with van der Waals surface area (Å²) in [6.07, 6.45) is 2.19. The quantitative estimate of drug-likeness (QED) is 0.683. The van der Waals surface area contributed by atoms with Gasteiger partial charge in [0.2, 0.25) is 0 Å². The van der Waals surface area contributed by atoms with Gasteiger partial charge in [-0.2, -0.15) is 5.10 Å². The summed E-state index contributed by atoms with van der Waals surface area (Å²) < 4.78 is 1.73. The Hall–Kier alpha value is -2.49. The Bertz CT molecular complexity index is 772. The third-order valence-electron chi connectivity index (χ3n) is 3.31. The lowest BCUT2D eigenvalue weighted by molar-refractivity contribution is 0.0983. The van der Waals surface area contributed by atoms with Crippen LogP contribution in [0.5, 0.6) is 0 Å². The van der Waals surface area contributed by atoms with E-state index in [9.17, 15) is 4.79 Å². The minimum atomic E-state index is 0.0327. The van der Waals surface area contributed by atoms with E-state index in [2.05, 4.69) is 29.1 Å². The molecule has 0 saturated carbocycles. The molecule has 3 rings (SSSR count). The molecule has 20 heavy (non-hydrogen) atoms. The van der Waals surface area contributed by atoms with Crippen LogP contribution in [0, 0.1) is 6.92 Å². The van der Waals surface area contributed by atoms with Crippen molar-refractivity contribution < 1.29 is 4.79 Å². The molecule has 0 aliphatic heterocycles. The van der Waals surface area contributed by atoms with E-state index < -0.39 is 0 Å². The minimum Gasteiger partial charge on any atom is -0.292 e. The third kappa shape index (κ3) is 2.09. The van der Waals surface area contributed by atoms with Gasteiger partial charge in [-0.05, 0) is 13.0 Å². The van der Waals surface area contributed by atoms with Gasteiger partial charge in [-0.25, -0.2) is 9.50 Å². The molecule has 3 aromatic rings. The van der Waals surface area contributed by atoms with Gasteiger partial charge in [-0.3, -0.25) is 4.79 Å². The molecule has 2 aromatic heterocycles. The van der Waals surface area contributed by atoms with Gasteiger partial charge in [0.25, 0.3) is 0 Å². The van der Waals surface area contributed by atoms with Crippen LogP contribution in [0.15, 0.2) is 42.6 Å². The molecule has 0 amide bonds.